The van der Waals surface area contributed by atoms with Crippen molar-refractivity contribution in [2.24, 2.45) is 0 Å². The lowest BCUT2D eigenvalue weighted by molar-refractivity contribution is -0.286. The first-order valence-electron chi connectivity index (χ1n) is 6.43. The Hall–Kier alpha value is -2.38. The number of halogens is 2. The molecule has 2 aliphatic heterocycles. The number of piperidine rings is 1. The molecule has 0 unspecified atom stereocenters. The summed E-state index contributed by atoms with van der Waals surface area (Å²) < 4.78 is 34.3. The number of benzene rings is 1. The van der Waals surface area contributed by atoms with E-state index in [0.717, 1.165) is 0 Å². The SMILES string of the molecule is O=C1CCC[C@H](C(=O)Nc2ccc3c(c2)OC(F)(F)O3)N1. The maximum Gasteiger partial charge on any atom is 0.586 e. The number of fused-ring (bicyclic) bond motifs is 1. The van der Waals surface area contributed by atoms with Crippen molar-refractivity contribution in [1.29, 1.82) is 0 Å². The summed E-state index contributed by atoms with van der Waals surface area (Å²) in [6.45, 7) is 0. The highest BCUT2D eigenvalue weighted by Crippen LogP contribution is 2.42. The first kappa shape index (κ1) is 13.6. The lowest BCUT2D eigenvalue weighted by Crippen LogP contribution is -2.46. The molecule has 1 atom stereocenters. The number of carbonyl (C=O) groups excluding carboxylic acids is 2. The Morgan fingerprint density at radius 1 is 1.33 bits per heavy atom. The third-order valence-corrected chi connectivity index (χ3v) is 3.22. The fraction of sp³-hybridized carbons (Fsp3) is 0.385. The Labute approximate surface area is 118 Å². The van der Waals surface area contributed by atoms with Crippen LogP contribution in [0.25, 0.3) is 0 Å². The van der Waals surface area contributed by atoms with Gasteiger partial charge >= 0.3 is 6.29 Å². The van der Waals surface area contributed by atoms with Crippen LogP contribution in [-0.2, 0) is 9.59 Å². The van der Waals surface area contributed by atoms with E-state index in [-0.39, 0.29) is 17.4 Å². The van der Waals surface area contributed by atoms with Crippen molar-refractivity contribution in [2.75, 3.05) is 5.32 Å². The Morgan fingerprint density at radius 3 is 2.86 bits per heavy atom. The van der Waals surface area contributed by atoms with E-state index in [0.29, 0.717) is 24.9 Å². The molecule has 0 spiro atoms. The number of amides is 2. The third-order valence-electron chi connectivity index (χ3n) is 3.22. The smallest absolute Gasteiger partial charge is 0.395 e. The van der Waals surface area contributed by atoms with Crippen LogP contribution < -0.4 is 20.1 Å². The molecule has 2 heterocycles. The summed E-state index contributed by atoms with van der Waals surface area (Å²) in [6.07, 6.45) is -2.11. The van der Waals surface area contributed by atoms with Gasteiger partial charge in [0.15, 0.2) is 11.5 Å². The number of hydrogen-bond acceptors (Lipinski definition) is 4. The van der Waals surface area contributed by atoms with Crippen LogP contribution in [0.4, 0.5) is 14.5 Å². The number of anilines is 1. The molecule has 0 aromatic heterocycles. The molecule has 1 aromatic carbocycles. The molecule has 21 heavy (non-hydrogen) atoms. The minimum atomic E-state index is -3.69. The Bertz CT molecular complexity index is 606. The maximum atomic E-state index is 12.9. The number of carbonyl (C=O) groups is 2. The normalized spacial score (nSPS) is 22.6. The quantitative estimate of drug-likeness (QED) is 0.870. The van der Waals surface area contributed by atoms with Gasteiger partial charge in [0.1, 0.15) is 6.04 Å². The first-order chi connectivity index (χ1) is 9.93. The second-order valence-corrected chi connectivity index (χ2v) is 4.83. The van der Waals surface area contributed by atoms with Crippen molar-refractivity contribution in [2.45, 2.75) is 31.6 Å². The van der Waals surface area contributed by atoms with Crippen LogP contribution in [0.5, 0.6) is 11.5 Å². The van der Waals surface area contributed by atoms with E-state index in [4.69, 9.17) is 0 Å². The van der Waals surface area contributed by atoms with Gasteiger partial charge in [-0.05, 0) is 25.0 Å². The van der Waals surface area contributed by atoms with Crippen molar-refractivity contribution in [1.82, 2.24) is 5.32 Å². The standard InChI is InChI=1S/C13H12F2N2O4/c14-13(15)20-9-5-4-7(6-10(9)21-13)16-12(19)8-2-1-3-11(18)17-8/h4-6,8H,1-3H2,(H,16,19)(H,17,18)/t8-/m1/s1. The zero-order chi connectivity index (χ0) is 15.0. The fourth-order valence-electron chi connectivity index (χ4n) is 2.26. The van der Waals surface area contributed by atoms with Crippen LogP contribution in [0.2, 0.25) is 0 Å². The Kier molecular flexibility index (Phi) is 3.15. The predicted octanol–water partition coefficient (Wildman–Crippen LogP) is 1.62. The number of nitrogens with one attached hydrogen (secondary N) is 2. The molecule has 3 rings (SSSR count). The molecule has 2 N–H and O–H groups in total. The molecular weight excluding hydrogens is 286 g/mol. The first-order valence-corrected chi connectivity index (χ1v) is 6.43. The summed E-state index contributed by atoms with van der Waals surface area (Å²) >= 11 is 0. The van der Waals surface area contributed by atoms with E-state index in [9.17, 15) is 18.4 Å². The number of hydrogen-bond donors (Lipinski definition) is 2. The molecule has 112 valence electrons. The average Bonchev–Trinajstić information content (AvgIpc) is 2.72. The van der Waals surface area contributed by atoms with E-state index in [1.165, 1.54) is 18.2 Å². The second-order valence-electron chi connectivity index (χ2n) is 4.83. The Balaban J connectivity index is 1.69. The largest absolute Gasteiger partial charge is 0.586 e. The molecule has 1 fully saturated rings. The van der Waals surface area contributed by atoms with Crippen LogP contribution in [0.3, 0.4) is 0 Å². The third kappa shape index (κ3) is 2.88. The van der Waals surface area contributed by atoms with Gasteiger partial charge < -0.3 is 20.1 Å². The van der Waals surface area contributed by atoms with Crippen LogP contribution >= 0.6 is 0 Å². The molecule has 1 saturated heterocycles. The van der Waals surface area contributed by atoms with E-state index < -0.39 is 18.2 Å². The van der Waals surface area contributed by atoms with E-state index >= 15 is 0 Å². The fourth-order valence-corrected chi connectivity index (χ4v) is 2.26. The molecule has 6 nitrogen and oxygen atoms in total. The monoisotopic (exact) mass is 298 g/mol. The molecule has 0 bridgehead atoms. The van der Waals surface area contributed by atoms with Gasteiger partial charge in [-0.2, -0.15) is 0 Å². The zero-order valence-corrected chi connectivity index (χ0v) is 10.8. The van der Waals surface area contributed by atoms with Crippen LogP contribution in [0.15, 0.2) is 18.2 Å². The van der Waals surface area contributed by atoms with Gasteiger partial charge in [-0.3, -0.25) is 9.59 Å². The van der Waals surface area contributed by atoms with Crippen molar-refractivity contribution >= 4 is 17.5 Å². The molecule has 0 saturated carbocycles. The van der Waals surface area contributed by atoms with Gasteiger partial charge in [-0.15, -0.1) is 8.78 Å². The number of alkyl halides is 2. The van der Waals surface area contributed by atoms with Gasteiger partial charge in [-0.1, -0.05) is 0 Å². The summed E-state index contributed by atoms with van der Waals surface area (Å²) in [7, 11) is 0. The van der Waals surface area contributed by atoms with Gasteiger partial charge in [0.05, 0.1) is 0 Å². The van der Waals surface area contributed by atoms with Crippen molar-refractivity contribution in [3.63, 3.8) is 0 Å². The number of rotatable bonds is 2. The minimum absolute atomic E-state index is 0.0935. The van der Waals surface area contributed by atoms with E-state index in [2.05, 4.69) is 20.1 Å². The summed E-state index contributed by atoms with van der Waals surface area (Å²) in [6, 6.07) is 3.34. The second kappa shape index (κ2) is 4.87. The van der Waals surface area contributed by atoms with Crippen molar-refractivity contribution in [3.8, 4) is 11.5 Å². The highest BCUT2D eigenvalue weighted by Gasteiger charge is 2.43. The van der Waals surface area contributed by atoms with Crippen molar-refractivity contribution < 1.29 is 27.8 Å². The van der Waals surface area contributed by atoms with E-state index in [1.807, 2.05) is 0 Å². The topological polar surface area (TPSA) is 76.7 Å². The zero-order valence-electron chi connectivity index (χ0n) is 10.8. The summed E-state index contributed by atoms with van der Waals surface area (Å²) in [4.78, 5) is 23.2. The van der Waals surface area contributed by atoms with Crippen LogP contribution in [0, 0.1) is 0 Å². The molecule has 2 aliphatic rings. The molecule has 0 aliphatic carbocycles. The highest BCUT2D eigenvalue weighted by atomic mass is 19.3. The summed E-state index contributed by atoms with van der Waals surface area (Å²) in [5, 5.41) is 5.13. The van der Waals surface area contributed by atoms with Crippen LogP contribution in [0.1, 0.15) is 19.3 Å². The predicted molar refractivity (Wildman–Crippen MR) is 67.1 cm³/mol. The maximum absolute atomic E-state index is 12.9. The minimum Gasteiger partial charge on any atom is -0.395 e. The number of ether oxygens (including phenoxy) is 2. The summed E-state index contributed by atoms with van der Waals surface area (Å²) in [5.41, 5.74) is 0.292. The highest BCUT2D eigenvalue weighted by molar-refractivity contribution is 5.97. The molecule has 0 radical (unpaired) electrons. The molecule has 1 aromatic rings. The lowest BCUT2D eigenvalue weighted by Gasteiger charge is -2.22. The van der Waals surface area contributed by atoms with Gasteiger partial charge in [0.2, 0.25) is 11.8 Å². The Morgan fingerprint density at radius 2 is 2.10 bits per heavy atom. The lowest BCUT2D eigenvalue weighted by atomic mass is 10.0. The summed E-state index contributed by atoms with van der Waals surface area (Å²) in [5.74, 6) is -0.810. The molecule has 8 heteroatoms. The van der Waals surface area contributed by atoms with Gasteiger partial charge in [-0.25, -0.2) is 0 Å². The molecular formula is C13H12F2N2O4. The average molecular weight is 298 g/mol. The van der Waals surface area contributed by atoms with Crippen LogP contribution in [-0.4, -0.2) is 24.2 Å². The van der Waals surface area contributed by atoms with Gasteiger partial charge in [0.25, 0.3) is 0 Å². The van der Waals surface area contributed by atoms with E-state index in [1.54, 1.807) is 0 Å². The van der Waals surface area contributed by atoms with Crippen molar-refractivity contribution in [3.05, 3.63) is 18.2 Å². The van der Waals surface area contributed by atoms with Gasteiger partial charge in [0, 0.05) is 18.2 Å². The molecule has 2 amide bonds.